The van der Waals surface area contributed by atoms with Gasteiger partial charge >= 0.3 is 5.97 Å². The van der Waals surface area contributed by atoms with Crippen LogP contribution < -0.4 is 0 Å². The third-order valence-corrected chi connectivity index (χ3v) is 7.74. The van der Waals surface area contributed by atoms with E-state index in [9.17, 15) is 28.8 Å². The lowest BCUT2D eigenvalue weighted by Crippen LogP contribution is -2.44. The zero-order chi connectivity index (χ0) is 41.2. The molecule has 1 fully saturated rings. The number of carbonyl (C=O) groups is 6. The van der Waals surface area contributed by atoms with Crippen LogP contribution in [0.2, 0.25) is 0 Å². The first-order valence-corrected chi connectivity index (χ1v) is 19.0. The van der Waals surface area contributed by atoms with Crippen LogP contribution >= 0.6 is 0 Å². The third kappa shape index (κ3) is 25.5. The van der Waals surface area contributed by atoms with Gasteiger partial charge in [-0.2, -0.15) is 0 Å². The van der Waals surface area contributed by atoms with Gasteiger partial charge in [0, 0.05) is 38.1 Å². The largest absolute Gasteiger partial charge is 0.481 e. The van der Waals surface area contributed by atoms with Gasteiger partial charge < -0.3 is 62.1 Å². The van der Waals surface area contributed by atoms with Crippen LogP contribution in [0.3, 0.4) is 0 Å². The molecule has 0 aromatic heterocycles. The lowest BCUT2D eigenvalue weighted by Gasteiger charge is -2.24. The minimum absolute atomic E-state index is 0.0298. The maximum atomic E-state index is 12.6. The lowest BCUT2D eigenvalue weighted by molar-refractivity contribution is -0.146. The topological polar surface area (TPSA) is 234 Å². The van der Waals surface area contributed by atoms with E-state index in [1.807, 2.05) is 0 Å². The van der Waals surface area contributed by atoms with E-state index < -0.39 is 30.2 Å². The van der Waals surface area contributed by atoms with E-state index in [1.165, 1.54) is 4.90 Å². The Labute approximate surface area is 332 Å². The van der Waals surface area contributed by atoms with E-state index in [-0.39, 0.29) is 70.7 Å². The van der Waals surface area contributed by atoms with E-state index >= 15 is 0 Å². The van der Waals surface area contributed by atoms with Crippen LogP contribution in [0, 0.1) is 0 Å². The molecule has 0 aromatic carbocycles. The predicted molar refractivity (Wildman–Crippen MR) is 195 cm³/mol. The molecule has 0 bridgehead atoms. The number of hydrogen-bond acceptors (Lipinski definition) is 17. The quantitative estimate of drug-likeness (QED) is 0.0547. The highest BCUT2D eigenvalue weighted by Crippen LogP contribution is 2.11. The Kier molecular flexibility index (Phi) is 29.2. The summed E-state index contributed by atoms with van der Waals surface area (Å²) < 4.78 is 59.8. The molecular formula is C36H59N3O18. The molecule has 1 N–H and O–H groups in total. The summed E-state index contributed by atoms with van der Waals surface area (Å²) in [5, 5.41) is 8.96. The van der Waals surface area contributed by atoms with Crippen LogP contribution in [0.1, 0.15) is 19.3 Å². The highest BCUT2D eigenvalue weighted by atomic mass is 16.6. The van der Waals surface area contributed by atoms with Gasteiger partial charge in [0.15, 0.2) is 0 Å². The van der Waals surface area contributed by atoms with Crippen molar-refractivity contribution < 1.29 is 86.0 Å². The summed E-state index contributed by atoms with van der Waals surface area (Å²) in [6.07, 6.45) is 2.38. The van der Waals surface area contributed by atoms with Gasteiger partial charge in [0.1, 0.15) is 13.3 Å². The Balaban J connectivity index is 1.22. The van der Waals surface area contributed by atoms with Gasteiger partial charge in [0.2, 0.25) is 17.7 Å². The summed E-state index contributed by atoms with van der Waals surface area (Å²) in [5.41, 5.74) is 0. The highest BCUT2D eigenvalue weighted by Gasteiger charge is 2.29. The van der Waals surface area contributed by atoms with E-state index in [2.05, 4.69) is 0 Å². The second-order valence-corrected chi connectivity index (χ2v) is 12.0. The number of ether oxygens (including phenoxy) is 11. The average molecular weight is 822 g/mol. The van der Waals surface area contributed by atoms with Crippen LogP contribution in [-0.2, 0) is 80.9 Å². The molecule has 0 unspecified atom stereocenters. The van der Waals surface area contributed by atoms with Gasteiger partial charge in [-0.05, 0) is 0 Å². The second kappa shape index (κ2) is 33.5. The van der Waals surface area contributed by atoms with Crippen LogP contribution in [0.5, 0.6) is 0 Å². The highest BCUT2D eigenvalue weighted by molar-refractivity contribution is 6.14. The summed E-state index contributed by atoms with van der Waals surface area (Å²) >= 11 is 0. The fourth-order valence-corrected chi connectivity index (χ4v) is 4.71. The summed E-state index contributed by atoms with van der Waals surface area (Å²) in [7, 11) is 0. The Hall–Kier alpha value is -3.48. The minimum Gasteiger partial charge on any atom is -0.481 e. The van der Waals surface area contributed by atoms with Crippen molar-refractivity contribution in [2.24, 2.45) is 0 Å². The average Bonchev–Trinajstić information content (AvgIpc) is 3.69. The summed E-state index contributed by atoms with van der Waals surface area (Å²) in [6, 6.07) is 0. The second-order valence-electron chi connectivity index (χ2n) is 12.0. The number of imide groups is 2. The Morgan fingerprint density at radius 1 is 0.474 bits per heavy atom. The smallest absolute Gasteiger partial charge is 0.305 e. The van der Waals surface area contributed by atoms with Crippen molar-refractivity contribution in [1.29, 1.82) is 0 Å². The molecule has 2 aliphatic heterocycles. The molecule has 0 spiro atoms. The molecule has 2 aliphatic rings. The Morgan fingerprint density at radius 2 is 0.789 bits per heavy atom. The number of carboxylic acids is 1. The normalized spacial score (nSPS) is 14.2. The molecule has 0 radical (unpaired) electrons. The molecule has 0 aliphatic carbocycles. The lowest BCUT2D eigenvalue weighted by atomic mass is 10.3. The van der Waals surface area contributed by atoms with Crippen molar-refractivity contribution in [1.82, 2.24) is 14.7 Å². The zero-order valence-electron chi connectivity index (χ0n) is 32.7. The van der Waals surface area contributed by atoms with Gasteiger partial charge in [0.25, 0.3) is 11.8 Å². The SMILES string of the molecule is O=C(O)CCN(CCOCCOCCOCCOCCOCCOCCOCCOCCOCCOCCOCN1C(=O)CCC1=O)C(=O)CN1C(=O)C=CC1=O. The number of rotatable bonds is 40. The fraction of sp³-hybridized carbons (Fsp3) is 0.778. The number of likely N-dealkylation sites (tertiary alicyclic amines) is 1. The third-order valence-electron chi connectivity index (χ3n) is 7.74. The van der Waals surface area contributed by atoms with E-state index in [0.29, 0.717) is 119 Å². The summed E-state index contributed by atoms with van der Waals surface area (Å²) in [4.78, 5) is 73.0. The van der Waals surface area contributed by atoms with Gasteiger partial charge in [-0.25, -0.2) is 0 Å². The maximum absolute atomic E-state index is 12.6. The first kappa shape index (κ1) is 49.7. The standard InChI is InChI=1S/C36H59N3O18/c40-31-1-2-32(41)38(31)29-35(44)37(6-5-36(45)46)7-8-47-9-10-48-11-12-49-13-14-50-15-16-51-17-18-52-19-20-53-21-22-54-23-24-55-25-26-56-27-28-57-30-39-33(42)3-4-34(39)43/h1-2H,3-30H2,(H,45,46). The van der Waals surface area contributed by atoms with Crippen LogP contribution in [0.25, 0.3) is 0 Å². The Morgan fingerprint density at radius 3 is 1.12 bits per heavy atom. The van der Waals surface area contributed by atoms with E-state index in [0.717, 1.165) is 22.0 Å². The van der Waals surface area contributed by atoms with Crippen LogP contribution in [-0.4, -0.2) is 220 Å². The first-order valence-electron chi connectivity index (χ1n) is 19.0. The van der Waals surface area contributed by atoms with Crippen molar-refractivity contribution in [2.45, 2.75) is 19.3 Å². The summed E-state index contributed by atoms with van der Waals surface area (Å²) in [5.74, 6) is -3.20. The molecule has 1 saturated heterocycles. The number of hydrogen-bond donors (Lipinski definition) is 1. The molecule has 0 atom stereocenters. The number of amides is 5. The van der Waals surface area contributed by atoms with Crippen LogP contribution in [0.4, 0.5) is 0 Å². The Bertz CT molecular complexity index is 1160. The van der Waals surface area contributed by atoms with E-state index in [4.69, 9.17) is 57.2 Å². The number of carboxylic acid groups (broad SMARTS) is 1. The molecule has 5 amide bonds. The van der Waals surface area contributed by atoms with Crippen molar-refractivity contribution in [3.8, 4) is 0 Å². The van der Waals surface area contributed by atoms with Gasteiger partial charge in [0.05, 0.1) is 145 Å². The predicted octanol–water partition coefficient (Wildman–Crippen LogP) is -1.50. The summed E-state index contributed by atoms with van der Waals surface area (Å²) in [6.45, 7) is 7.57. The first-order chi connectivity index (χ1) is 27.8. The minimum atomic E-state index is -1.08. The molecule has 57 heavy (non-hydrogen) atoms. The maximum Gasteiger partial charge on any atom is 0.305 e. The molecule has 2 heterocycles. The number of carbonyl (C=O) groups excluding carboxylic acids is 5. The molecule has 0 aromatic rings. The molecular weight excluding hydrogens is 762 g/mol. The van der Waals surface area contributed by atoms with Gasteiger partial charge in [-0.1, -0.05) is 0 Å². The van der Waals surface area contributed by atoms with Crippen molar-refractivity contribution in [3.05, 3.63) is 12.2 Å². The monoisotopic (exact) mass is 821 g/mol. The molecule has 21 nitrogen and oxygen atoms in total. The van der Waals surface area contributed by atoms with Gasteiger partial charge in [-0.15, -0.1) is 0 Å². The molecule has 2 rings (SSSR count). The van der Waals surface area contributed by atoms with Crippen LogP contribution in [0.15, 0.2) is 12.2 Å². The fourth-order valence-electron chi connectivity index (χ4n) is 4.71. The molecule has 0 saturated carbocycles. The zero-order valence-corrected chi connectivity index (χ0v) is 32.7. The van der Waals surface area contributed by atoms with Crippen molar-refractivity contribution >= 4 is 35.5 Å². The molecule has 21 heteroatoms. The van der Waals surface area contributed by atoms with E-state index in [1.54, 1.807) is 0 Å². The van der Waals surface area contributed by atoms with Crippen molar-refractivity contribution in [2.75, 3.05) is 165 Å². The number of aliphatic carboxylic acids is 1. The number of nitrogens with zero attached hydrogens (tertiary/aromatic N) is 3. The van der Waals surface area contributed by atoms with Gasteiger partial charge in [-0.3, -0.25) is 38.6 Å². The van der Waals surface area contributed by atoms with Crippen molar-refractivity contribution in [3.63, 3.8) is 0 Å². The molecule has 326 valence electrons.